The van der Waals surface area contributed by atoms with Gasteiger partial charge in [-0.2, -0.15) is 0 Å². The van der Waals surface area contributed by atoms with Crippen molar-refractivity contribution in [1.29, 1.82) is 0 Å². The minimum absolute atomic E-state index is 0.693. The third kappa shape index (κ3) is 69.9. The summed E-state index contributed by atoms with van der Waals surface area (Å²) in [5, 5.41) is 0. The van der Waals surface area contributed by atoms with Gasteiger partial charge < -0.3 is 0 Å². The molecule has 108 heavy (non-hydrogen) atoms. The zero-order chi connectivity index (χ0) is 76.8. The van der Waals surface area contributed by atoms with E-state index in [4.69, 9.17) is 9.98 Å². The number of unbranched alkanes of at least 4 members (excludes halogenated alkanes) is 72. The number of hydrogen-bond acceptors (Lipinski definition) is 2. The first kappa shape index (κ1) is 100. The molecule has 614 valence electrons. The Balaban J connectivity index is 1.97. The Hall–Kier alpha value is -3.98. The molecule has 0 N–H and O–H groups in total. The van der Waals surface area contributed by atoms with Crippen molar-refractivity contribution in [2.45, 2.75) is 541 Å². The van der Waals surface area contributed by atoms with Gasteiger partial charge in [-0.1, -0.05) is 513 Å². The highest BCUT2D eigenvalue weighted by Crippen LogP contribution is 2.26. The highest BCUT2D eigenvalue weighted by molar-refractivity contribution is 6.55. The second-order valence-electron chi connectivity index (χ2n) is 33.5. The lowest BCUT2D eigenvalue weighted by atomic mass is 10.0. The van der Waals surface area contributed by atoms with Gasteiger partial charge in [0.15, 0.2) is 0 Å². The second-order valence-corrected chi connectivity index (χ2v) is 33.5. The Morgan fingerprint density at radius 1 is 0.185 bits per heavy atom. The van der Waals surface area contributed by atoms with E-state index in [9.17, 15) is 0 Å². The SMILES string of the molecule is CCCCCCCC#CC(=Nc1ccccc1CCC#CCCCCCCCCCCCCCCCCCCCCCCC)C(C#CCCCCCCCCCCCCCCCCCCCCCCCCCCC)=Nc1ccccc1CCC#CCCCCCCCCCCCCCCCCCCCCCCC. The normalized spacial score (nSPS) is 11.5. The molecule has 0 aliphatic heterocycles. The van der Waals surface area contributed by atoms with E-state index >= 15 is 0 Å². The standard InChI is InChI=1S/C106H180N2/c1-5-9-13-17-21-24-27-30-33-36-39-42-45-48-49-52-55-58-61-64-67-70-73-76-80-84-88-100-106(108-104-98-92-90-96-102(104)94-86-82-79-75-72-69-66-63-60-57-54-51-47-44-41-38-35-32-29-26-23-19-15-11-7-3)105(99-87-83-77-20-16-12-8-4)107-103-97-91-89-95-101(103)93-85-81-78-74-71-68-65-62-59-56-53-50-46-43-40-37-34-31-28-25-22-18-14-10-6-2/h89-92,95-98H,5-77,80,83-86,93-94H2,1-4H3. The molecule has 0 heterocycles. The minimum Gasteiger partial charge on any atom is -0.237 e. The Labute approximate surface area is 677 Å². The van der Waals surface area contributed by atoms with Crippen molar-refractivity contribution in [2.75, 3.05) is 0 Å². The molecule has 0 saturated heterocycles. The van der Waals surface area contributed by atoms with Crippen molar-refractivity contribution in [1.82, 2.24) is 0 Å². The van der Waals surface area contributed by atoms with Gasteiger partial charge in [-0.15, -0.1) is 23.7 Å². The monoisotopic (exact) mass is 1480 g/mol. The molecule has 0 saturated carbocycles. The fourth-order valence-electron chi connectivity index (χ4n) is 15.7. The number of aryl methyl sites for hydroxylation is 2. The second kappa shape index (κ2) is 85.4. The summed E-state index contributed by atoms with van der Waals surface area (Å²) in [6.45, 7) is 9.23. The van der Waals surface area contributed by atoms with Gasteiger partial charge in [0, 0.05) is 38.5 Å². The molecule has 0 fully saturated rings. The van der Waals surface area contributed by atoms with Crippen LogP contribution in [0, 0.1) is 47.4 Å². The van der Waals surface area contributed by atoms with Crippen LogP contribution in [0.1, 0.15) is 540 Å². The van der Waals surface area contributed by atoms with Crippen molar-refractivity contribution in [3.8, 4) is 47.4 Å². The zero-order valence-corrected chi connectivity index (χ0v) is 73.1. The lowest BCUT2D eigenvalue weighted by Gasteiger charge is -2.07. The van der Waals surface area contributed by atoms with Crippen LogP contribution in [0.3, 0.4) is 0 Å². The van der Waals surface area contributed by atoms with Gasteiger partial charge in [0.1, 0.15) is 11.4 Å². The largest absolute Gasteiger partial charge is 0.237 e. The Morgan fingerprint density at radius 2 is 0.343 bits per heavy atom. The number of rotatable bonds is 79. The Bertz CT molecular complexity index is 2530. The third-order valence-electron chi connectivity index (χ3n) is 23.0. The quantitative estimate of drug-likeness (QED) is 0.0358. The van der Waals surface area contributed by atoms with Crippen LogP contribution in [-0.2, 0) is 12.8 Å². The molecule has 2 aromatic carbocycles. The first-order valence-electron chi connectivity index (χ1n) is 49.0. The Kier molecular flexibility index (Phi) is 79.2. The van der Waals surface area contributed by atoms with E-state index in [-0.39, 0.29) is 0 Å². The van der Waals surface area contributed by atoms with Gasteiger partial charge in [-0.25, -0.2) is 9.98 Å². The fraction of sp³-hybridized carbons (Fsp3) is 0.792. The van der Waals surface area contributed by atoms with Gasteiger partial charge in [0.25, 0.3) is 0 Å². The molecule has 2 heteroatoms. The van der Waals surface area contributed by atoms with Crippen molar-refractivity contribution in [3.05, 3.63) is 59.7 Å². The lowest BCUT2D eigenvalue weighted by Crippen LogP contribution is -2.10. The molecule has 0 amide bonds. The maximum atomic E-state index is 5.47. The van der Waals surface area contributed by atoms with Gasteiger partial charge in [-0.3, -0.25) is 0 Å². The minimum atomic E-state index is 0.693. The molecule has 2 aromatic rings. The summed E-state index contributed by atoms with van der Waals surface area (Å²) >= 11 is 0. The van der Waals surface area contributed by atoms with Gasteiger partial charge in [-0.05, 0) is 73.6 Å². The highest BCUT2D eigenvalue weighted by atomic mass is 14.8. The molecule has 0 bridgehead atoms. The number of para-hydroxylation sites is 2. The highest BCUT2D eigenvalue weighted by Gasteiger charge is 2.11. The molecule has 0 spiro atoms. The van der Waals surface area contributed by atoms with Crippen LogP contribution < -0.4 is 0 Å². The van der Waals surface area contributed by atoms with Crippen molar-refractivity contribution in [2.24, 2.45) is 9.98 Å². The fourth-order valence-corrected chi connectivity index (χ4v) is 15.7. The number of nitrogens with zero attached hydrogens (tertiary/aromatic N) is 2. The van der Waals surface area contributed by atoms with Crippen molar-refractivity contribution < 1.29 is 0 Å². The molecular formula is C106H180N2. The van der Waals surface area contributed by atoms with Gasteiger partial charge in [0.2, 0.25) is 0 Å². The topological polar surface area (TPSA) is 24.7 Å². The third-order valence-corrected chi connectivity index (χ3v) is 23.0. The lowest BCUT2D eigenvalue weighted by molar-refractivity contribution is 0.516. The van der Waals surface area contributed by atoms with Crippen LogP contribution in [0.15, 0.2) is 58.5 Å². The number of hydrogen-bond donors (Lipinski definition) is 0. The average molecular weight is 1480 g/mol. The van der Waals surface area contributed by atoms with Crippen LogP contribution in [0.5, 0.6) is 0 Å². The summed E-state index contributed by atoms with van der Waals surface area (Å²) in [5.74, 6) is 28.7. The first-order chi connectivity index (χ1) is 53.7. The molecule has 2 nitrogen and oxygen atoms in total. The first-order valence-corrected chi connectivity index (χ1v) is 49.0. The van der Waals surface area contributed by atoms with Crippen LogP contribution in [0.2, 0.25) is 0 Å². The van der Waals surface area contributed by atoms with Gasteiger partial charge in [0.05, 0.1) is 11.4 Å². The van der Waals surface area contributed by atoms with Crippen LogP contribution >= 0.6 is 0 Å². The molecule has 0 aromatic heterocycles. The smallest absolute Gasteiger partial charge is 0.148 e. The van der Waals surface area contributed by atoms with Gasteiger partial charge >= 0.3 is 0 Å². The summed E-state index contributed by atoms with van der Waals surface area (Å²) in [6.07, 6.45) is 108. The van der Waals surface area contributed by atoms with Crippen LogP contribution in [0.25, 0.3) is 0 Å². The van der Waals surface area contributed by atoms with E-state index in [1.165, 1.54) is 461 Å². The molecule has 0 unspecified atom stereocenters. The average Bonchev–Trinajstić information content (AvgIpc) is 0.842. The van der Waals surface area contributed by atoms with E-state index in [2.05, 4.69) is 124 Å². The van der Waals surface area contributed by atoms with Crippen molar-refractivity contribution >= 4 is 22.8 Å². The summed E-state index contributed by atoms with van der Waals surface area (Å²) in [4.78, 5) is 10.9. The molecule has 2 rings (SSSR count). The summed E-state index contributed by atoms with van der Waals surface area (Å²) in [7, 11) is 0. The van der Waals surface area contributed by atoms with E-state index in [1.807, 2.05) is 0 Å². The summed E-state index contributed by atoms with van der Waals surface area (Å²) < 4.78 is 0. The molecule has 0 aliphatic carbocycles. The van der Waals surface area contributed by atoms with E-state index in [0.717, 1.165) is 75.6 Å². The number of benzene rings is 2. The van der Waals surface area contributed by atoms with E-state index in [0.29, 0.717) is 11.4 Å². The molecule has 0 radical (unpaired) electrons. The van der Waals surface area contributed by atoms with Crippen LogP contribution in [0.4, 0.5) is 11.4 Å². The van der Waals surface area contributed by atoms with Crippen molar-refractivity contribution in [3.63, 3.8) is 0 Å². The predicted molar refractivity (Wildman–Crippen MR) is 488 cm³/mol. The molecular weight excluding hydrogens is 1300 g/mol. The molecule has 0 atom stereocenters. The summed E-state index contributed by atoms with van der Waals surface area (Å²) in [5.41, 5.74) is 5.75. The zero-order valence-electron chi connectivity index (χ0n) is 73.1. The summed E-state index contributed by atoms with van der Waals surface area (Å²) in [6, 6.07) is 17.4. The maximum Gasteiger partial charge on any atom is 0.148 e. The van der Waals surface area contributed by atoms with Crippen LogP contribution in [-0.4, -0.2) is 11.4 Å². The molecule has 0 aliphatic rings. The predicted octanol–water partition coefficient (Wildman–Crippen LogP) is 36.1. The van der Waals surface area contributed by atoms with E-state index in [1.54, 1.807) is 0 Å². The Morgan fingerprint density at radius 3 is 0.537 bits per heavy atom. The number of aliphatic imine (C=N–C) groups is 2. The van der Waals surface area contributed by atoms with E-state index < -0.39 is 0 Å². The maximum absolute atomic E-state index is 5.47.